The Labute approximate surface area is 266 Å². The Morgan fingerprint density at radius 2 is 1.93 bits per heavy atom. The Hall–Kier alpha value is -3.69. The second kappa shape index (κ2) is 12.2. The van der Waals surface area contributed by atoms with Crippen molar-refractivity contribution in [2.45, 2.75) is 57.7 Å². The minimum atomic E-state index is -0.563. The summed E-state index contributed by atoms with van der Waals surface area (Å²) in [5.74, 6) is 1.71. The number of aromatic nitrogens is 2. The maximum absolute atomic E-state index is 14.7. The number of ether oxygens (including phenoxy) is 3. The highest BCUT2D eigenvalue weighted by atomic mass is 35.5. The molecule has 7 nitrogen and oxygen atoms in total. The van der Waals surface area contributed by atoms with Crippen LogP contribution in [0.2, 0.25) is 5.02 Å². The standard InChI is InChI=1S/C35H36ClF2N3O4/c1-2-43-34(42)23-6-9-28-29(16-23)41(21-35(20-37)12-13-35)32(39-28)18-40-14-10-22(11-15-40)25-4-3-5-30-33(25)45-31(19-44-30)26-8-7-24(36)17-27(26)38/h3-9,16-17,22,31H,2,10-15,18-21H2,1H3/t31-/m1/s1. The molecule has 3 aliphatic rings. The van der Waals surface area contributed by atoms with Gasteiger partial charge in [0.05, 0.1) is 36.4 Å². The molecule has 7 rings (SSSR count). The first-order valence-electron chi connectivity index (χ1n) is 15.7. The van der Waals surface area contributed by atoms with E-state index in [4.69, 9.17) is 30.8 Å². The number of para-hydroxylation sites is 1. The van der Waals surface area contributed by atoms with Crippen LogP contribution in [0.3, 0.4) is 0 Å². The van der Waals surface area contributed by atoms with Gasteiger partial charge in [0, 0.05) is 28.1 Å². The number of carbonyl (C=O) groups excluding carboxylic acids is 1. The molecule has 0 spiro atoms. The van der Waals surface area contributed by atoms with E-state index in [1.54, 1.807) is 25.1 Å². The average Bonchev–Trinajstić information content (AvgIpc) is 3.76. The topological polar surface area (TPSA) is 65.8 Å². The van der Waals surface area contributed by atoms with E-state index in [2.05, 4.69) is 15.5 Å². The highest BCUT2D eigenvalue weighted by Crippen LogP contribution is 2.48. The number of hydrogen-bond acceptors (Lipinski definition) is 6. The van der Waals surface area contributed by atoms with Crippen LogP contribution in [0.4, 0.5) is 8.78 Å². The summed E-state index contributed by atoms with van der Waals surface area (Å²) < 4.78 is 48.5. The van der Waals surface area contributed by atoms with Crippen molar-refractivity contribution in [1.82, 2.24) is 14.5 Å². The molecule has 10 heteroatoms. The highest BCUT2D eigenvalue weighted by molar-refractivity contribution is 6.30. The van der Waals surface area contributed by atoms with Gasteiger partial charge in [0.2, 0.25) is 0 Å². The highest BCUT2D eigenvalue weighted by Gasteiger charge is 2.44. The van der Waals surface area contributed by atoms with Crippen LogP contribution in [0, 0.1) is 11.2 Å². The van der Waals surface area contributed by atoms with Crippen molar-refractivity contribution in [3.05, 3.63) is 88.0 Å². The summed E-state index contributed by atoms with van der Waals surface area (Å²) >= 11 is 5.97. The number of imidazole rings is 1. The molecule has 0 N–H and O–H groups in total. The Balaban J connectivity index is 1.08. The van der Waals surface area contributed by atoms with Gasteiger partial charge in [-0.1, -0.05) is 29.8 Å². The summed E-state index contributed by atoms with van der Waals surface area (Å²) in [5.41, 5.74) is 3.25. The minimum absolute atomic E-state index is 0.222. The zero-order valence-electron chi connectivity index (χ0n) is 25.2. The number of benzene rings is 3. The van der Waals surface area contributed by atoms with E-state index >= 15 is 0 Å². The van der Waals surface area contributed by atoms with Crippen molar-refractivity contribution in [1.29, 1.82) is 0 Å². The van der Waals surface area contributed by atoms with Gasteiger partial charge in [0.25, 0.3) is 0 Å². The number of esters is 1. The predicted octanol–water partition coefficient (Wildman–Crippen LogP) is 7.65. The Kier molecular flexibility index (Phi) is 8.16. The third-order valence-electron chi connectivity index (χ3n) is 9.43. The molecule has 45 heavy (non-hydrogen) atoms. The molecule has 236 valence electrons. The summed E-state index contributed by atoms with van der Waals surface area (Å²) in [4.78, 5) is 19.8. The maximum atomic E-state index is 14.7. The number of fused-ring (bicyclic) bond motifs is 2. The van der Waals surface area contributed by atoms with Crippen LogP contribution in [-0.2, 0) is 17.8 Å². The van der Waals surface area contributed by atoms with Gasteiger partial charge in [0.1, 0.15) is 18.2 Å². The normalized spacial score (nSPS) is 19.5. The van der Waals surface area contributed by atoms with E-state index in [-0.39, 0.29) is 30.6 Å². The van der Waals surface area contributed by atoms with E-state index in [9.17, 15) is 13.6 Å². The molecule has 1 aromatic heterocycles. The number of likely N-dealkylation sites (tertiary alicyclic amines) is 1. The minimum Gasteiger partial charge on any atom is -0.485 e. The molecule has 3 heterocycles. The third-order valence-corrected chi connectivity index (χ3v) is 9.67. The quantitative estimate of drug-likeness (QED) is 0.176. The molecular weight excluding hydrogens is 600 g/mol. The number of nitrogens with zero attached hydrogens (tertiary/aromatic N) is 3. The fourth-order valence-corrected chi connectivity index (χ4v) is 6.77. The molecule has 1 saturated carbocycles. The summed E-state index contributed by atoms with van der Waals surface area (Å²) in [6.45, 7) is 4.80. The van der Waals surface area contributed by atoms with E-state index in [1.165, 1.54) is 6.07 Å². The second-order valence-electron chi connectivity index (χ2n) is 12.5. The van der Waals surface area contributed by atoms with Crippen LogP contribution in [0.15, 0.2) is 54.6 Å². The number of halogens is 3. The van der Waals surface area contributed by atoms with Crippen molar-refractivity contribution in [3.8, 4) is 11.5 Å². The summed E-state index contributed by atoms with van der Waals surface area (Å²) in [6.07, 6.45) is 2.95. The van der Waals surface area contributed by atoms with Gasteiger partial charge >= 0.3 is 5.97 Å². The zero-order valence-corrected chi connectivity index (χ0v) is 26.0. The number of piperidine rings is 1. The van der Waals surface area contributed by atoms with Gasteiger partial charge in [-0.3, -0.25) is 9.29 Å². The average molecular weight is 636 g/mol. The number of rotatable bonds is 9. The van der Waals surface area contributed by atoms with E-state index in [0.29, 0.717) is 47.3 Å². The molecule has 1 saturated heterocycles. The fourth-order valence-electron chi connectivity index (χ4n) is 6.61. The molecule has 3 aromatic carbocycles. The van der Waals surface area contributed by atoms with Crippen LogP contribution < -0.4 is 9.47 Å². The van der Waals surface area contributed by atoms with Crippen molar-refractivity contribution in [2.24, 2.45) is 5.41 Å². The van der Waals surface area contributed by atoms with Crippen LogP contribution in [0.5, 0.6) is 11.5 Å². The number of alkyl halides is 1. The van der Waals surface area contributed by atoms with Gasteiger partial charge in [-0.25, -0.2) is 14.2 Å². The molecule has 0 amide bonds. The van der Waals surface area contributed by atoms with Crippen molar-refractivity contribution >= 4 is 28.6 Å². The number of carbonyl (C=O) groups is 1. The van der Waals surface area contributed by atoms with Crippen LogP contribution in [0.1, 0.15) is 71.9 Å². The second-order valence-corrected chi connectivity index (χ2v) is 12.9. The fraction of sp³-hybridized carbons (Fsp3) is 0.429. The van der Waals surface area contributed by atoms with Crippen LogP contribution in [0.25, 0.3) is 11.0 Å². The summed E-state index contributed by atoms with van der Waals surface area (Å²) in [6, 6.07) is 16.0. The van der Waals surface area contributed by atoms with Gasteiger partial charge in [-0.2, -0.15) is 0 Å². The maximum Gasteiger partial charge on any atom is 0.338 e. The first-order valence-corrected chi connectivity index (χ1v) is 16.1. The Bertz CT molecular complexity index is 1730. The molecule has 1 aliphatic carbocycles. The molecule has 0 radical (unpaired) electrons. The van der Waals surface area contributed by atoms with E-state index in [0.717, 1.165) is 61.2 Å². The molecule has 1 atom stereocenters. The van der Waals surface area contributed by atoms with Gasteiger partial charge in [-0.05, 0) is 88.0 Å². The SMILES string of the molecule is CCOC(=O)c1ccc2nc(CN3CCC(c4cccc5c4O[C@@H](c4ccc(Cl)cc4F)CO5)CC3)n(CC3(CF)CC3)c2c1. The molecule has 0 bridgehead atoms. The first kappa shape index (κ1) is 30.0. The zero-order chi connectivity index (χ0) is 31.1. The Morgan fingerprint density at radius 1 is 1.11 bits per heavy atom. The third kappa shape index (κ3) is 6.00. The van der Waals surface area contributed by atoms with Gasteiger partial charge in [0.15, 0.2) is 17.6 Å². The van der Waals surface area contributed by atoms with Gasteiger partial charge < -0.3 is 18.8 Å². The van der Waals surface area contributed by atoms with Crippen molar-refractivity contribution in [3.63, 3.8) is 0 Å². The molecule has 2 aliphatic heterocycles. The lowest BCUT2D eigenvalue weighted by Crippen LogP contribution is -2.34. The molecule has 4 aromatic rings. The van der Waals surface area contributed by atoms with Crippen molar-refractivity contribution in [2.75, 3.05) is 33.0 Å². The van der Waals surface area contributed by atoms with Crippen molar-refractivity contribution < 1.29 is 27.8 Å². The van der Waals surface area contributed by atoms with E-state index in [1.807, 2.05) is 24.3 Å². The van der Waals surface area contributed by atoms with Crippen LogP contribution >= 0.6 is 11.6 Å². The molecule has 0 unspecified atom stereocenters. The largest absolute Gasteiger partial charge is 0.485 e. The van der Waals surface area contributed by atoms with E-state index < -0.39 is 11.9 Å². The summed E-state index contributed by atoms with van der Waals surface area (Å²) in [5, 5.41) is 0.340. The van der Waals surface area contributed by atoms with Gasteiger partial charge in [-0.15, -0.1) is 0 Å². The first-order chi connectivity index (χ1) is 21.9. The lowest BCUT2D eigenvalue weighted by molar-refractivity contribution is 0.0526. The Morgan fingerprint density at radius 3 is 2.67 bits per heavy atom. The smallest absolute Gasteiger partial charge is 0.338 e. The van der Waals surface area contributed by atoms with Crippen LogP contribution in [-0.4, -0.2) is 53.4 Å². The number of hydrogen-bond donors (Lipinski definition) is 0. The molecular formula is C35H36ClF2N3O4. The summed E-state index contributed by atoms with van der Waals surface area (Å²) in [7, 11) is 0. The lowest BCUT2D eigenvalue weighted by Gasteiger charge is -2.35. The predicted molar refractivity (Wildman–Crippen MR) is 167 cm³/mol. The lowest BCUT2D eigenvalue weighted by atomic mass is 9.88. The monoisotopic (exact) mass is 635 g/mol. The molecule has 2 fully saturated rings.